The minimum atomic E-state index is -0.957. The van der Waals surface area contributed by atoms with E-state index in [0.717, 1.165) is 29.7 Å². The first-order valence-corrected chi connectivity index (χ1v) is 6.67. The van der Waals surface area contributed by atoms with Crippen LogP contribution < -0.4 is 5.32 Å². The van der Waals surface area contributed by atoms with Crippen molar-refractivity contribution in [3.63, 3.8) is 0 Å². The minimum absolute atomic E-state index is 0. The maximum absolute atomic E-state index is 10.9. The van der Waals surface area contributed by atoms with Crippen LogP contribution in [0, 0.1) is 0 Å². The van der Waals surface area contributed by atoms with Crippen molar-refractivity contribution in [3.8, 4) is 11.5 Å². The van der Waals surface area contributed by atoms with E-state index in [1.54, 1.807) is 36.4 Å². The standard InChI is InChI=1S/C16H15NO4.ClH/c18-13-7-11-5-6-17-15(12(11)8-14(13)19)9-1-3-10(4-2-9)16(20)21;/h1-4,7-8,15,17-19H,5-6H2,(H,20,21);1H. The largest absolute Gasteiger partial charge is 0.504 e. The highest BCUT2D eigenvalue weighted by Crippen LogP contribution is 2.36. The number of carbonyl (C=O) groups is 1. The highest BCUT2D eigenvalue weighted by molar-refractivity contribution is 5.87. The molecule has 3 rings (SSSR count). The number of phenolic OH excluding ortho intramolecular Hbond substituents is 2. The van der Waals surface area contributed by atoms with Crippen molar-refractivity contribution < 1.29 is 20.1 Å². The second-order valence-corrected chi connectivity index (χ2v) is 5.10. The zero-order valence-corrected chi connectivity index (χ0v) is 12.4. The molecule has 2 aromatic rings. The number of nitrogens with one attached hydrogen (secondary N) is 1. The summed E-state index contributed by atoms with van der Waals surface area (Å²) in [5.41, 5.74) is 3.05. The van der Waals surface area contributed by atoms with Crippen LogP contribution in [0.3, 0.4) is 0 Å². The summed E-state index contributed by atoms with van der Waals surface area (Å²) in [6.45, 7) is 0.753. The molecule has 0 bridgehead atoms. The van der Waals surface area contributed by atoms with Crippen LogP contribution in [0.25, 0.3) is 0 Å². The minimum Gasteiger partial charge on any atom is -0.504 e. The smallest absolute Gasteiger partial charge is 0.335 e. The molecule has 1 aliphatic heterocycles. The van der Waals surface area contributed by atoms with Crippen LogP contribution in [0.1, 0.15) is 33.1 Å². The molecular weight excluding hydrogens is 306 g/mol. The molecule has 0 fully saturated rings. The van der Waals surface area contributed by atoms with Crippen LogP contribution in [-0.4, -0.2) is 27.8 Å². The summed E-state index contributed by atoms with van der Waals surface area (Å²) in [4.78, 5) is 10.9. The van der Waals surface area contributed by atoms with Crippen LogP contribution in [0.5, 0.6) is 11.5 Å². The van der Waals surface area contributed by atoms with Gasteiger partial charge in [-0.3, -0.25) is 0 Å². The van der Waals surface area contributed by atoms with Gasteiger partial charge in [0.05, 0.1) is 11.6 Å². The number of carboxylic acids is 1. The molecule has 0 spiro atoms. The van der Waals surface area contributed by atoms with Gasteiger partial charge >= 0.3 is 5.97 Å². The van der Waals surface area contributed by atoms with Gasteiger partial charge in [-0.1, -0.05) is 12.1 Å². The number of aromatic hydroxyl groups is 2. The number of aromatic carboxylic acids is 1. The van der Waals surface area contributed by atoms with Gasteiger partial charge in [0.2, 0.25) is 0 Å². The molecular formula is C16H16ClNO4. The average molecular weight is 322 g/mol. The zero-order valence-electron chi connectivity index (χ0n) is 11.6. The number of benzene rings is 2. The Kier molecular flexibility index (Phi) is 4.59. The van der Waals surface area contributed by atoms with E-state index >= 15 is 0 Å². The van der Waals surface area contributed by atoms with Gasteiger partial charge in [-0.15, -0.1) is 12.4 Å². The van der Waals surface area contributed by atoms with Crippen molar-refractivity contribution >= 4 is 18.4 Å². The lowest BCUT2D eigenvalue weighted by atomic mass is 9.89. The van der Waals surface area contributed by atoms with E-state index in [9.17, 15) is 15.0 Å². The maximum atomic E-state index is 10.9. The van der Waals surface area contributed by atoms with Crippen LogP contribution in [-0.2, 0) is 6.42 Å². The van der Waals surface area contributed by atoms with Gasteiger partial charge in [0, 0.05) is 6.54 Å². The van der Waals surface area contributed by atoms with Crippen molar-refractivity contribution in [1.82, 2.24) is 5.32 Å². The Hall–Kier alpha value is -2.24. The lowest BCUT2D eigenvalue weighted by Gasteiger charge is -2.27. The van der Waals surface area contributed by atoms with Crippen LogP contribution in [0.15, 0.2) is 36.4 Å². The highest BCUT2D eigenvalue weighted by Gasteiger charge is 2.23. The fourth-order valence-electron chi connectivity index (χ4n) is 2.70. The lowest BCUT2D eigenvalue weighted by molar-refractivity contribution is 0.0697. The summed E-state index contributed by atoms with van der Waals surface area (Å²) < 4.78 is 0. The fraction of sp³-hybridized carbons (Fsp3) is 0.188. The van der Waals surface area contributed by atoms with Gasteiger partial charge in [0.1, 0.15) is 0 Å². The maximum Gasteiger partial charge on any atom is 0.335 e. The third kappa shape index (κ3) is 2.86. The van der Waals surface area contributed by atoms with E-state index in [1.165, 1.54) is 0 Å². The van der Waals surface area contributed by atoms with Crippen molar-refractivity contribution in [2.45, 2.75) is 12.5 Å². The highest BCUT2D eigenvalue weighted by atomic mass is 35.5. The summed E-state index contributed by atoms with van der Waals surface area (Å²) in [5, 5.41) is 31.6. The van der Waals surface area contributed by atoms with E-state index in [4.69, 9.17) is 5.11 Å². The Bertz CT molecular complexity index is 700. The molecule has 0 radical (unpaired) electrons. The molecule has 5 nitrogen and oxygen atoms in total. The Labute approximate surface area is 133 Å². The Morgan fingerprint density at radius 2 is 1.73 bits per heavy atom. The summed E-state index contributed by atoms with van der Waals surface area (Å²) >= 11 is 0. The number of halogens is 1. The molecule has 0 aromatic heterocycles. The first-order valence-electron chi connectivity index (χ1n) is 6.67. The number of fused-ring (bicyclic) bond motifs is 1. The normalized spacial score (nSPS) is 16.5. The van der Waals surface area contributed by atoms with Gasteiger partial charge in [0.25, 0.3) is 0 Å². The number of phenols is 2. The first-order chi connectivity index (χ1) is 10.1. The van der Waals surface area contributed by atoms with E-state index in [0.29, 0.717) is 0 Å². The van der Waals surface area contributed by atoms with E-state index in [-0.39, 0.29) is 35.5 Å². The number of hydrogen-bond donors (Lipinski definition) is 4. The van der Waals surface area contributed by atoms with E-state index in [1.807, 2.05) is 0 Å². The summed E-state index contributed by atoms with van der Waals surface area (Å²) in [7, 11) is 0. The molecule has 6 heteroatoms. The molecule has 0 saturated carbocycles. The van der Waals surface area contributed by atoms with E-state index in [2.05, 4.69) is 5.32 Å². The van der Waals surface area contributed by atoms with Gasteiger partial charge in [-0.05, 0) is 47.4 Å². The summed E-state index contributed by atoms with van der Waals surface area (Å²) in [5.74, 6) is -1.22. The van der Waals surface area contributed by atoms with Crippen molar-refractivity contribution in [2.75, 3.05) is 6.54 Å². The average Bonchev–Trinajstić information content (AvgIpc) is 2.48. The van der Waals surface area contributed by atoms with Crippen molar-refractivity contribution in [3.05, 3.63) is 58.7 Å². The quantitative estimate of drug-likeness (QED) is 0.638. The predicted octanol–water partition coefficient (Wildman–Crippen LogP) is 2.45. The van der Waals surface area contributed by atoms with Crippen LogP contribution >= 0.6 is 12.4 Å². The first kappa shape index (κ1) is 16.1. The molecule has 2 aromatic carbocycles. The molecule has 0 saturated heterocycles. The van der Waals surface area contributed by atoms with Crippen molar-refractivity contribution in [1.29, 1.82) is 0 Å². The molecule has 1 unspecified atom stereocenters. The van der Waals surface area contributed by atoms with Crippen LogP contribution in [0.4, 0.5) is 0 Å². The van der Waals surface area contributed by atoms with Gasteiger partial charge < -0.3 is 20.6 Å². The van der Waals surface area contributed by atoms with Gasteiger partial charge in [-0.2, -0.15) is 0 Å². The van der Waals surface area contributed by atoms with Crippen molar-refractivity contribution in [2.24, 2.45) is 0 Å². The molecule has 4 N–H and O–H groups in total. The monoisotopic (exact) mass is 321 g/mol. The fourth-order valence-corrected chi connectivity index (χ4v) is 2.70. The topological polar surface area (TPSA) is 89.8 Å². The molecule has 0 aliphatic carbocycles. The van der Waals surface area contributed by atoms with Gasteiger partial charge in [-0.25, -0.2) is 4.79 Å². The molecule has 1 atom stereocenters. The molecule has 1 heterocycles. The van der Waals surface area contributed by atoms with Crippen LogP contribution in [0.2, 0.25) is 0 Å². The zero-order chi connectivity index (χ0) is 15.0. The lowest BCUT2D eigenvalue weighted by Crippen LogP contribution is -2.30. The number of hydrogen-bond acceptors (Lipinski definition) is 4. The Morgan fingerprint density at radius 3 is 2.36 bits per heavy atom. The molecule has 0 amide bonds. The SMILES string of the molecule is Cl.O=C(O)c1ccc(C2NCCc3cc(O)c(O)cc32)cc1. The Balaban J connectivity index is 0.00000176. The second-order valence-electron chi connectivity index (χ2n) is 5.10. The third-order valence-electron chi connectivity index (χ3n) is 3.78. The molecule has 116 valence electrons. The molecule has 1 aliphatic rings. The Morgan fingerprint density at radius 1 is 1.09 bits per heavy atom. The van der Waals surface area contributed by atoms with E-state index < -0.39 is 5.97 Å². The summed E-state index contributed by atoms with van der Waals surface area (Å²) in [6, 6.07) is 9.68. The number of carboxylic acid groups (broad SMARTS) is 1. The number of rotatable bonds is 2. The summed E-state index contributed by atoms with van der Waals surface area (Å²) in [6.07, 6.45) is 0.771. The third-order valence-corrected chi connectivity index (χ3v) is 3.78. The molecule has 22 heavy (non-hydrogen) atoms. The second kappa shape index (κ2) is 6.25. The predicted molar refractivity (Wildman–Crippen MR) is 84.0 cm³/mol. The van der Waals surface area contributed by atoms with Gasteiger partial charge in [0.15, 0.2) is 11.5 Å².